The van der Waals surface area contributed by atoms with Gasteiger partial charge in [0.05, 0.1) is 17.9 Å². The third-order valence-electron chi connectivity index (χ3n) is 3.56. The first-order valence-corrected chi connectivity index (χ1v) is 7.43. The van der Waals surface area contributed by atoms with Gasteiger partial charge in [-0.3, -0.25) is 4.79 Å². The van der Waals surface area contributed by atoms with Crippen molar-refractivity contribution in [1.29, 1.82) is 0 Å². The molecule has 1 amide bonds. The van der Waals surface area contributed by atoms with Crippen molar-refractivity contribution in [3.8, 4) is 11.5 Å². The van der Waals surface area contributed by atoms with Gasteiger partial charge in [0, 0.05) is 13.1 Å². The van der Waals surface area contributed by atoms with E-state index in [0.29, 0.717) is 30.2 Å². The highest BCUT2D eigenvalue weighted by molar-refractivity contribution is 5.98. The van der Waals surface area contributed by atoms with E-state index in [0.717, 1.165) is 6.42 Å². The summed E-state index contributed by atoms with van der Waals surface area (Å²) in [4.78, 5) is 13.5. The number of amides is 1. The zero-order valence-corrected chi connectivity index (χ0v) is 13.3. The predicted octanol–water partition coefficient (Wildman–Crippen LogP) is 1.30. The van der Waals surface area contributed by atoms with Gasteiger partial charge >= 0.3 is 0 Å². The van der Waals surface area contributed by atoms with Crippen molar-refractivity contribution in [2.45, 2.75) is 38.3 Å². The lowest BCUT2D eigenvalue weighted by atomic mass is 10.0. The van der Waals surface area contributed by atoms with E-state index >= 15 is 0 Å². The summed E-state index contributed by atoms with van der Waals surface area (Å²) in [6, 6.07) is 4.70. The summed E-state index contributed by atoms with van der Waals surface area (Å²) >= 11 is 0. The molecule has 0 bridgehead atoms. The predicted molar refractivity (Wildman–Crippen MR) is 84.3 cm³/mol. The van der Waals surface area contributed by atoms with E-state index in [2.05, 4.69) is 0 Å². The molecule has 2 rings (SSSR count). The number of rotatable bonds is 5. The van der Waals surface area contributed by atoms with Gasteiger partial charge in [0.2, 0.25) is 5.91 Å². The van der Waals surface area contributed by atoms with Gasteiger partial charge in [0.15, 0.2) is 0 Å². The normalized spacial score (nSPS) is 18.5. The molecular weight excluding hydrogens is 284 g/mol. The molecule has 1 aliphatic heterocycles. The largest absolute Gasteiger partial charge is 0.494 e. The van der Waals surface area contributed by atoms with Crippen LogP contribution in [0.25, 0.3) is 0 Å². The van der Waals surface area contributed by atoms with E-state index in [1.54, 1.807) is 39.1 Å². The summed E-state index contributed by atoms with van der Waals surface area (Å²) in [5, 5.41) is 9.66. The maximum absolute atomic E-state index is 12.0. The van der Waals surface area contributed by atoms with E-state index < -0.39 is 11.6 Å². The first-order chi connectivity index (χ1) is 10.3. The van der Waals surface area contributed by atoms with Crippen molar-refractivity contribution >= 4 is 11.6 Å². The number of nitrogens with zero attached hydrogens (tertiary/aromatic N) is 1. The lowest BCUT2D eigenvalue weighted by Crippen LogP contribution is -2.43. The van der Waals surface area contributed by atoms with Crippen LogP contribution in [0.1, 0.15) is 26.7 Å². The van der Waals surface area contributed by atoms with Crippen molar-refractivity contribution in [1.82, 2.24) is 0 Å². The highest BCUT2D eigenvalue weighted by Gasteiger charge is 2.26. The average Bonchev–Trinajstić information content (AvgIpc) is 2.56. The lowest BCUT2D eigenvalue weighted by Gasteiger charge is -2.19. The number of fused-ring (bicyclic) bond motifs is 1. The molecule has 6 heteroatoms. The molecule has 0 saturated carbocycles. The molecule has 22 heavy (non-hydrogen) atoms. The molecule has 0 spiro atoms. The van der Waals surface area contributed by atoms with E-state index in [9.17, 15) is 9.90 Å². The minimum Gasteiger partial charge on any atom is -0.494 e. The Morgan fingerprint density at radius 2 is 2.23 bits per heavy atom. The summed E-state index contributed by atoms with van der Waals surface area (Å²) in [6.45, 7) is 4.22. The van der Waals surface area contributed by atoms with Crippen LogP contribution in [0.5, 0.6) is 11.5 Å². The van der Waals surface area contributed by atoms with E-state index in [1.165, 1.54) is 4.90 Å². The van der Waals surface area contributed by atoms with E-state index in [-0.39, 0.29) is 12.5 Å². The van der Waals surface area contributed by atoms with Gasteiger partial charge in [-0.2, -0.15) is 0 Å². The van der Waals surface area contributed by atoms with Crippen LogP contribution in [0, 0.1) is 0 Å². The number of aliphatic hydroxyl groups is 1. The van der Waals surface area contributed by atoms with Crippen molar-refractivity contribution in [3.63, 3.8) is 0 Å². The zero-order chi connectivity index (χ0) is 16.3. The highest BCUT2D eigenvalue weighted by atomic mass is 16.5. The molecule has 1 heterocycles. The zero-order valence-electron chi connectivity index (χ0n) is 13.3. The first kappa shape index (κ1) is 16.6. The average molecular weight is 308 g/mol. The fourth-order valence-electron chi connectivity index (χ4n) is 2.28. The van der Waals surface area contributed by atoms with Crippen LogP contribution >= 0.6 is 0 Å². The highest BCUT2D eigenvalue weighted by Crippen LogP contribution is 2.34. The Kier molecular flexibility index (Phi) is 4.93. The molecule has 0 unspecified atom stereocenters. The number of hydrogen-bond acceptors (Lipinski definition) is 5. The summed E-state index contributed by atoms with van der Waals surface area (Å²) in [7, 11) is 1.67. The van der Waals surface area contributed by atoms with Gasteiger partial charge in [0.25, 0.3) is 0 Å². The van der Waals surface area contributed by atoms with Gasteiger partial charge in [-0.1, -0.05) is 0 Å². The van der Waals surface area contributed by atoms with Gasteiger partial charge in [-0.15, -0.1) is 0 Å². The number of carbonyl (C=O) groups excluding carboxylic acids is 1. The van der Waals surface area contributed by atoms with Crippen LogP contribution in [0.4, 0.5) is 5.69 Å². The second kappa shape index (κ2) is 6.54. The van der Waals surface area contributed by atoms with Crippen LogP contribution in [0.15, 0.2) is 18.2 Å². The molecule has 122 valence electrons. The number of hydrogen-bond donors (Lipinski definition) is 2. The van der Waals surface area contributed by atoms with Crippen LogP contribution in [0.3, 0.4) is 0 Å². The smallest absolute Gasteiger partial charge is 0.247 e. The number of likely N-dealkylation sites (N-methyl/N-ethyl adjacent to an activating group) is 1. The molecule has 1 aromatic rings. The summed E-state index contributed by atoms with van der Waals surface area (Å²) in [5.41, 5.74) is 5.72. The van der Waals surface area contributed by atoms with Gasteiger partial charge in [-0.05, 0) is 38.8 Å². The van der Waals surface area contributed by atoms with E-state index in [1.807, 2.05) is 0 Å². The van der Waals surface area contributed by atoms with Gasteiger partial charge in [0.1, 0.15) is 24.1 Å². The number of nitrogens with two attached hydrogens (primary N) is 1. The Bertz CT molecular complexity index is 539. The van der Waals surface area contributed by atoms with Crippen molar-refractivity contribution in [2.75, 3.05) is 25.2 Å². The summed E-state index contributed by atoms with van der Waals surface area (Å²) < 4.78 is 11.2. The Morgan fingerprint density at radius 3 is 2.91 bits per heavy atom. The van der Waals surface area contributed by atoms with Crippen LogP contribution in [-0.4, -0.2) is 42.9 Å². The van der Waals surface area contributed by atoms with Gasteiger partial charge < -0.3 is 25.2 Å². The van der Waals surface area contributed by atoms with Crippen molar-refractivity contribution in [3.05, 3.63) is 18.2 Å². The molecule has 1 atom stereocenters. The Balaban J connectivity index is 2.03. The quantitative estimate of drug-likeness (QED) is 0.801. The maximum atomic E-state index is 12.0. The van der Waals surface area contributed by atoms with Gasteiger partial charge in [-0.25, -0.2) is 0 Å². The second-order valence-electron chi connectivity index (χ2n) is 6.21. The molecule has 1 aliphatic rings. The van der Waals surface area contributed by atoms with Crippen LogP contribution < -0.4 is 20.1 Å². The first-order valence-electron chi connectivity index (χ1n) is 7.43. The molecule has 3 N–H and O–H groups in total. The third kappa shape index (κ3) is 4.11. The summed E-state index contributed by atoms with van der Waals surface area (Å²) in [6.07, 6.45) is 1.41. The van der Waals surface area contributed by atoms with Crippen LogP contribution in [0.2, 0.25) is 0 Å². The Hall–Kier alpha value is -1.79. The SMILES string of the molecule is CN1C(=O)[C@@H](N)COc2ccc(OCCCC(C)(C)O)cc21. The molecule has 0 aliphatic carbocycles. The number of carbonyl (C=O) groups is 1. The molecular formula is C16H24N2O4. The van der Waals surface area contributed by atoms with Crippen LogP contribution in [-0.2, 0) is 4.79 Å². The second-order valence-corrected chi connectivity index (χ2v) is 6.21. The van der Waals surface area contributed by atoms with E-state index in [4.69, 9.17) is 15.2 Å². The molecule has 0 fully saturated rings. The van der Waals surface area contributed by atoms with Crippen molar-refractivity contribution in [2.24, 2.45) is 5.73 Å². The molecule has 1 aromatic carbocycles. The topological polar surface area (TPSA) is 85.0 Å². The minimum absolute atomic E-state index is 0.169. The molecule has 0 aromatic heterocycles. The molecule has 0 radical (unpaired) electrons. The molecule has 0 saturated heterocycles. The fraction of sp³-hybridized carbons (Fsp3) is 0.562. The molecule has 6 nitrogen and oxygen atoms in total. The number of anilines is 1. The lowest BCUT2D eigenvalue weighted by molar-refractivity contribution is -0.119. The minimum atomic E-state index is -0.687. The number of benzene rings is 1. The number of ether oxygens (including phenoxy) is 2. The van der Waals surface area contributed by atoms with Crippen molar-refractivity contribution < 1.29 is 19.4 Å². The standard InChI is InChI=1S/C16H24N2O4/c1-16(2,20)7-4-8-21-11-5-6-14-13(9-11)18(3)15(19)12(17)10-22-14/h5-6,9,12,20H,4,7-8,10,17H2,1-3H3/t12-/m0/s1. The summed E-state index contributed by atoms with van der Waals surface area (Å²) in [5.74, 6) is 1.10. The third-order valence-corrected chi connectivity index (χ3v) is 3.56. The fourth-order valence-corrected chi connectivity index (χ4v) is 2.28. The Labute approximate surface area is 130 Å². The monoisotopic (exact) mass is 308 g/mol. The maximum Gasteiger partial charge on any atom is 0.247 e. The Morgan fingerprint density at radius 1 is 1.50 bits per heavy atom.